The van der Waals surface area contributed by atoms with Gasteiger partial charge in [0.2, 0.25) is 10.6 Å². The first-order valence-corrected chi connectivity index (χ1v) is 6.38. The molecule has 0 aliphatic rings. The Morgan fingerprint density at radius 1 is 1.42 bits per heavy atom. The number of carbonyl (C=O) groups is 1. The number of aryl methyl sites for hydroxylation is 1. The predicted octanol–water partition coefficient (Wildman–Crippen LogP) is 2.00. The van der Waals surface area contributed by atoms with E-state index in [-0.39, 0.29) is 12.5 Å². The second-order valence-corrected chi connectivity index (χ2v) is 4.57. The quantitative estimate of drug-likeness (QED) is 0.933. The zero-order chi connectivity index (χ0) is 13.8. The van der Waals surface area contributed by atoms with Gasteiger partial charge >= 0.3 is 0 Å². The minimum Gasteiger partial charge on any atom is -0.497 e. The second-order valence-electron chi connectivity index (χ2n) is 3.86. The molecule has 0 aliphatic heterocycles. The van der Waals surface area contributed by atoms with Gasteiger partial charge in [-0.3, -0.25) is 4.79 Å². The largest absolute Gasteiger partial charge is 0.497 e. The van der Waals surface area contributed by atoms with Crippen LogP contribution < -0.4 is 10.1 Å². The van der Waals surface area contributed by atoms with E-state index in [0.29, 0.717) is 16.2 Å². The molecule has 100 valence electrons. The second kappa shape index (κ2) is 5.83. The van der Waals surface area contributed by atoms with Gasteiger partial charge < -0.3 is 10.1 Å². The number of hydrogen-bond acceptors (Lipinski definition) is 4. The van der Waals surface area contributed by atoms with Gasteiger partial charge in [0.25, 0.3) is 0 Å². The van der Waals surface area contributed by atoms with Crippen LogP contribution in [-0.4, -0.2) is 27.8 Å². The molecule has 7 heteroatoms. The first-order chi connectivity index (χ1) is 9.08. The minimum absolute atomic E-state index is 0.121. The van der Waals surface area contributed by atoms with E-state index in [1.807, 2.05) is 0 Å². The molecule has 0 unspecified atom stereocenters. The van der Waals surface area contributed by atoms with Crippen LogP contribution in [0.15, 0.2) is 29.0 Å². The Bertz CT molecular complexity index is 580. The van der Waals surface area contributed by atoms with E-state index in [2.05, 4.69) is 31.3 Å². The lowest BCUT2D eigenvalue weighted by molar-refractivity contribution is -0.116. The van der Waals surface area contributed by atoms with Gasteiger partial charge in [-0.15, -0.1) is 5.10 Å². The van der Waals surface area contributed by atoms with E-state index in [9.17, 15) is 4.79 Å². The molecule has 0 radical (unpaired) electrons. The highest BCUT2D eigenvalue weighted by Gasteiger charge is 2.08. The van der Waals surface area contributed by atoms with Crippen LogP contribution in [0, 0.1) is 6.92 Å². The molecule has 0 saturated heterocycles. The van der Waals surface area contributed by atoms with Crippen molar-refractivity contribution in [2.24, 2.45) is 0 Å². The number of benzene rings is 1. The van der Waals surface area contributed by atoms with Gasteiger partial charge in [-0.05, 0) is 47.1 Å². The summed E-state index contributed by atoms with van der Waals surface area (Å²) in [4.78, 5) is 15.9. The maximum atomic E-state index is 11.9. The summed E-state index contributed by atoms with van der Waals surface area (Å²) in [6.45, 7) is 1.91. The van der Waals surface area contributed by atoms with Crippen molar-refractivity contribution in [1.82, 2.24) is 14.8 Å². The van der Waals surface area contributed by atoms with Gasteiger partial charge in [0, 0.05) is 5.69 Å². The molecule has 1 heterocycles. The fourth-order valence-electron chi connectivity index (χ4n) is 1.55. The highest BCUT2D eigenvalue weighted by Crippen LogP contribution is 2.15. The van der Waals surface area contributed by atoms with E-state index < -0.39 is 0 Å². The van der Waals surface area contributed by atoms with Crippen LogP contribution in [0.4, 0.5) is 5.69 Å². The van der Waals surface area contributed by atoms with Crippen molar-refractivity contribution >= 4 is 27.5 Å². The van der Waals surface area contributed by atoms with Crippen LogP contribution in [-0.2, 0) is 11.3 Å². The standard InChI is InChI=1S/C12H13BrN4O2/c1-8-14-12(13)16-17(8)7-11(18)15-9-3-5-10(19-2)6-4-9/h3-6H,7H2,1-2H3,(H,15,18). The van der Waals surface area contributed by atoms with E-state index in [1.165, 1.54) is 4.68 Å². The fourth-order valence-corrected chi connectivity index (χ4v) is 1.99. The molecule has 0 aliphatic carbocycles. The first-order valence-electron chi connectivity index (χ1n) is 5.59. The van der Waals surface area contributed by atoms with Gasteiger partial charge in [0.15, 0.2) is 0 Å². The number of halogens is 1. The number of aromatic nitrogens is 3. The average Bonchev–Trinajstić information content (AvgIpc) is 2.68. The van der Waals surface area contributed by atoms with Crippen LogP contribution in [0.2, 0.25) is 0 Å². The molecule has 1 N–H and O–H groups in total. The molecule has 19 heavy (non-hydrogen) atoms. The topological polar surface area (TPSA) is 69.0 Å². The SMILES string of the molecule is COc1ccc(NC(=O)Cn2nc(Br)nc2C)cc1. The maximum absolute atomic E-state index is 11.9. The van der Waals surface area contributed by atoms with Crippen molar-refractivity contribution in [3.8, 4) is 5.75 Å². The summed E-state index contributed by atoms with van der Waals surface area (Å²) < 4.78 is 7.05. The Balaban J connectivity index is 1.99. The lowest BCUT2D eigenvalue weighted by Crippen LogP contribution is -2.20. The van der Waals surface area contributed by atoms with E-state index in [0.717, 1.165) is 5.75 Å². The molecule has 0 fully saturated rings. The summed E-state index contributed by atoms with van der Waals surface area (Å²) >= 11 is 3.17. The maximum Gasteiger partial charge on any atom is 0.246 e. The number of hydrogen-bond donors (Lipinski definition) is 1. The van der Waals surface area contributed by atoms with E-state index in [1.54, 1.807) is 38.3 Å². The summed E-state index contributed by atoms with van der Waals surface area (Å²) in [7, 11) is 1.60. The summed E-state index contributed by atoms with van der Waals surface area (Å²) in [6, 6.07) is 7.13. The van der Waals surface area contributed by atoms with Gasteiger partial charge in [-0.1, -0.05) is 0 Å². The first kappa shape index (κ1) is 13.5. The summed E-state index contributed by atoms with van der Waals surface area (Å²) in [5.41, 5.74) is 0.711. The van der Waals surface area contributed by atoms with Gasteiger partial charge in [-0.25, -0.2) is 9.67 Å². The van der Waals surface area contributed by atoms with Gasteiger partial charge in [0.05, 0.1) is 7.11 Å². The van der Waals surface area contributed by atoms with Gasteiger partial charge in [0.1, 0.15) is 18.1 Å². The van der Waals surface area contributed by atoms with Crippen LogP contribution in [0.3, 0.4) is 0 Å². The molecule has 6 nitrogen and oxygen atoms in total. The number of carbonyl (C=O) groups excluding carboxylic acids is 1. The van der Waals surface area contributed by atoms with Crippen molar-refractivity contribution in [3.63, 3.8) is 0 Å². The zero-order valence-electron chi connectivity index (χ0n) is 10.6. The molecule has 1 amide bonds. The number of nitrogens with one attached hydrogen (secondary N) is 1. The number of anilines is 1. The molecule has 0 saturated carbocycles. The number of ether oxygens (including phenoxy) is 1. The Labute approximate surface area is 118 Å². The highest BCUT2D eigenvalue weighted by molar-refractivity contribution is 9.10. The lowest BCUT2D eigenvalue weighted by atomic mass is 10.3. The normalized spacial score (nSPS) is 10.3. The zero-order valence-corrected chi connectivity index (χ0v) is 12.1. The van der Waals surface area contributed by atoms with Crippen molar-refractivity contribution in [1.29, 1.82) is 0 Å². The van der Waals surface area contributed by atoms with Crippen LogP contribution in [0.25, 0.3) is 0 Å². The molecule has 2 rings (SSSR count). The van der Waals surface area contributed by atoms with E-state index >= 15 is 0 Å². The molecule has 1 aromatic carbocycles. The van der Waals surface area contributed by atoms with Crippen molar-refractivity contribution in [2.45, 2.75) is 13.5 Å². The highest BCUT2D eigenvalue weighted by atomic mass is 79.9. The molecule has 2 aromatic rings. The Morgan fingerprint density at radius 3 is 2.63 bits per heavy atom. The third-order valence-corrected chi connectivity index (χ3v) is 2.83. The Hall–Kier alpha value is -1.89. The molecule has 0 atom stereocenters. The smallest absolute Gasteiger partial charge is 0.246 e. The molecule has 0 spiro atoms. The summed E-state index contributed by atoms with van der Waals surface area (Å²) in [6.07, 6.45) is 0. The minimum atomic E-state index is -0.161. The molecule has 0 bridgehead atoms. The van der Waals surface area contributed by atoms with Crippen LogP contribution in [0.5, 0.6) is 5.75 Å². The number of nitrogens with zero attached hydrogens (tertiary/aromatic N) is 3. The van der Waals surface area contributed by atoms with Crippen molar-refractivity contribution < 1.29 is 9.53 Å². The fraction of sp³-hybridized carbons (Fsp3) is 0.250. The number of methoxy groups -OCH3 is 1. The third kappa shape index (κ3) is 3.54. The van der Waals surface area contributed by atoms with Crippen molar-refractivity contribution in [3.05, 3.63) is 34.8 Å². The Morgan fingerprint density at radius 2 is 2.11 bits per heavy atom. The molecular weight excluding hydrogens is 312 g/mol. The van der Waals surface area contributed by atoms with Gasteiger partial charge in [-0.2, -0.15) is 0 Å². The van der Waals surface area contributed by atoms with E-state index in [4.69, 9.17) is 4.74 Å². The Kier molecular flexibility index (Phi) is 4.16. The monoisotopic (exact) mass is 324 g/mol. The summed E-state index contributed by atoms with van der Waals surface area (Å²) in [5.74, 6) is 1.26. The van der Waals surface area contributed by atoms with Crippen LogP contribution in [0.1, 0.15) is 5.82 Å². The lowest BCUT2D eigenvalue weighted by Gasteiger charge is -2.06. The average molecular weight is 325 g/mol. The number of rotatable bonds is 4. The summed E-state index contributed by atoms with van der Waals surface area (Å²) in [5, 5.41) is 6.84. The molecular formula is C12H13BrN4O2. The number of amides is 1. The third-order valence-electron chi connectivity index (χ3n) is 2.50. The predicted molar refractivity (Wildman–Crippen MR) is 74.1 cm³/mol. The van der Waals surface area contributed by atoms with Crippen LogP contribution >= 0.6 is 15.9 Å². The van der Waals surface area contributed by atoms with Crippen molar-refractivity contribution in [2.75, 3.05) is 12.4 Å². The molecule has 1 aromatic heterocycles.